The van der Waals surface area contributed by atoms with E-state index in [2.05, 4.69) is 266 Å². The predicted octanol–water partition coefficient (Wildman–Crippen LogP) is 17.6. The first kappa shape index (κ1) is 40.4. The number of nitrogens with zero attached hydrogens (tertiary/aromatic N) is 2. The fourth-order valence-electron chi connectivity index (χ4n) is 11.9. The molecule has 1 aromatic heterocycles. The third kappa shape index (κ3) is 6.00. The zero-order valence-electron chi connectivity index (χ0n) is 38.9. The molecule has 0 saturated heterocycles. The lowest BCUT2D eigenvalue weighted by Crippen LogP contribution is -2.50. The van der Waals surface area contributed by atoms with E-state index in [1.807, 2.05) is 0 Å². The van der Waals surface area contributed by atoms with Crippen molar-refractivity contribution in [3.05, 3.63) is 243 Å². The van der Waals surface area contributed by atoms with Crippen LogP contribution in [0.1, 0.15) is 0 Å². The Labute approximate surface area is 408 Å². The highest BCUT2D eigenvalue weighted by atomic mass is 28.3. The highest BCUT2D eigenvalue weighted by Crippen LogP contribution is 2.52. The standard InChI is InChI=1S/C66H46N2OSi/c1-70(2)62-34-16-12-26-50(62)52-28-18-32-60(66(52)70)68(56-30-14-10-24-48(56)44-21-7-4-8-22-44)58-42-38-46-35-39-53-57(41-37-45-36-40-54(58)64(46)63(45)53)67(55-29-13-9-23-47(55)43-19-5-3-6-20-43)59-31-17-27-51-49-25-11-15-33-61(49)69-65(51)59/h3-42H,1-2H3. The van der Waals surface area contributed by atoms with Crippen LogP contribution in [0.4, 0.5) is 34.1 Å². The lowest BCUT2D eigenvalue weighted by molar-refractivity contribution is 0.669. The highest BCUT2D eigenvalue weighted by Gasteiger charge is 2.41. The summed E-state index contributed by atoms with van der Waals surface area (Å²) < 4.78 is 6.87. The number of fused-ring (bicyclic) bond motifs is 6. The molecule has 0 N–H and O–H groups in total. The minimum Gasteiger partial charge on any atom is -0.454 e. The first-order valence-corrected chi connectivity index (χ1v) is 27.3. The van der Waals surface area contributed by atoms with Crippen molar-refractivity contribution in [1.29, 1.82) is 0 Å². The van der Waals surface area contributed by atoms with Crippen LogP contribution < -0.4 is 20.2 Å². The molecule has 1 aliphatic heterocycles. The van der Waals surface area contributed by atoms with Gasteiger partial charge in [-0.1, -0.05) is 213 Å². The second-order valence-corrected chi connectivity index (χ2v) is 23.4. The van der Waals surface area contributed by atoms with E-state index in [1.165, 1.54) is 70.6 Å². The van der Waals surface area contributed by atoms with Crippen molar-refractivity contribution < 1.29 is 4.42 Å². The monoisotopic (exact) mass is 910 g/mol. The molecule has 2 heterocycles. The van der Waals surface area contributed by atoms with Gasteiger partial charge in [-0.15, -0.1) is 0 Å². The Morgan fingerprint density at radius 2 is 0.771 bits per heavy atom. The average molecular weight is 911 g/mol. The van der Waals surface area contributed by atoms with E-state index >= 15 is 0 Å². The molecule has 0 atom stereocenters. The molecule has 14 rings (SSSR count). The van der Waals surface area contributed by atoms with Crippen LogP contribution in [0.2, 0.25) is 13.1 Å². The summed E-state index contributed by atoms with van der Waals surface area (Å²) >= 11 is 0. The minimum atomic E-state index is -2.18. The largest absolute Gasteiger partial charge is 0.454 e. The maximum absolute atomic E-state index is 6.87. The molecule has 3 nitrogen and oxygen atoms in total. The first-order valence-electron chi connectivity index (χ1n) is 24.3. The van der Waals surface area contributed by atoms with Crippen molar-refractivity contribution >= 4 is 107 Å². The number of rotatable bonds is 8. The molecule has 0 spiro atoms. The molecule has 0 fully saturated rings. The lowest BCUT2D eigenvalue weighted by atomic mass is 9.91. The number of hydrogen-bond acceptors (Lipinski definition) is 3. The Kier molecular flexibility index (Phi) is 9.04. The number of benzene rings is 12. The fourth-order valence-corrected chi connectivity index (χ4v) is 15.3. The molecule has 70 heavy (non-hydrogen) atoms. The highest BCUT2D eigenvalue weighted by molar-refractivity contribution is 7.04. The van der Waals surface area contributed by atoms with Gasteiger partial charge in [0, 0.05) is 38.4 Å². The second kappa shape index (κ2) is 15.7. The maximum atomic E-state index is 6.87. The third-order valence-electron chi connectivity index (χ3n) is 15.0. The van der Waals surface area contributed by atoms with Crippen molar-refractivity contribution in [3.63, 3.8) is 0 Å². The predicted molar refractivity (Wildman–Crippen MR) is 300 cm³/mol. The Balaban J connectivity index is 1.06. The van der Waals surface area contributed by atoms with Gasteiger partial charge in [0.2, 0.25) is 0 Å². The van der Waals surface area contributed by atoms with Crippen LogP contribution in [0.3, 0.4) is 0 Å². The Morgan fingerprint density at radius 3 is 1.41 bits per heavy atom. The van der Waals surface area contributed by atoms with E-state index in [1.54, 1.807) is 0 Å². The van der Waals surface area contributed by atoms with Crippen LogP contribution in [-0.4, -0.2) is 8.07 Å². The normalized spacial score (nSPS) is 12.8. The van der Waals surface area contributed by atoms with Gasteiger partial charge in [0.15, 0.2) is 5.58 Å². The SMILES string of the molecule is C[Si]1(C)c2ccccc2-c2cccc(N(c3ccccc3-c3ccccc3)c3ccc4ccc5c(N(c6ccccc6-c6ccccc6)c6cccc7c6oc6ccccc67)ccc6ccc3c4c65)c21. The molecule has 0 amide bonds. The molecule has 330 valence electrons. The fraction of sp³-hybridized carbons (Fsp3) is 0.0303. The molecule has 0 aliphatic carbocycles. The van der Waals surface area contributed by atoms with Gasteiger partial charge in [-0.25, -0.2) is 0 Å². The summed E-state index contributed by atoms with van der Waals surface area (Å²) in [6, 6.07) is 89.1. The van der Waals surface area contributed by atoms with Gasteiger partial charge in [-0.2, -0.15) is 0 Å². The van der Waals surface area contributed by atoms with Crippen LogP contribution in [0.15, 0.2) is 247 Å². The Hall–Kier alpha value is -8.70. The molecule has 0 saturated carbocycles. The summed E-state index contributed by atoms with van der Waals surface area (Å²) in [6.07, 6.45) is 0. The third-order valence-corrected chi connectivity index (χ3v) is 18.5. The molecule has 1 aliphatic rings. The Bertz CT molecular complexity index is 4170. The number of para-hydroxylation sites is 4. The summed E-state index contributed by atoms with van der Waals surface area (Å²) in [4.78, 5) is 5.04. The van der Waals surface area contributed by atoms with Gasteiger partial charge in [0.05, 0.1) is 28.4 Å². The zero-order chi connectivity index (χ0) is 46.5. The summed E-state index contributed by atoms with van der Waals surface area (Å²) in [5, 5.41) is 12.4. The molecule has 0 bridgehead atoms. The van der Waals surface area contributed by atoms with Crippen LogP contribution in [0.5, 0.6) is 0 Å². The number of furan rings is 1. The van der Waals surface area contributed by atoms with Crippen LogP contribution >= 0.6 is 0 Å². The molecule has 13 aromatic rings. The molecular formula is C66H46N2OSi. The van der Waals surface area contributed by atoms with Gasteiger partial charge in [-0.3, -0.25) is 0 Å². The van der Waals surface area contributed by atoms with Crippen molar-refractivity contribution in [3.8, 4) is 33.4 Å². The van der Waals surface area contributed by atoms with Crippen LogP contribution in [0, 0.1) is 0 Å². The van der Waals surface area contributed by atoms with Crippen molar-refractivity contribution in [1.82, 2.24) is 0 Å². The first-order chi connectivity index (χ1) is 34.5. The Morgan fingerprint density at radius 1 is 0.314 bits per heavy atom. The van der Waals surface area contributed by atoms with Gasteiger partial charge in [0.25, 0.3) is 0 Å². The van der Waals surface area contributed by atoms with Gasteiger partial charge >= 0.3 is 0 Å². The summed E-state index contributed by atoms with van der Waals surface area (Å²) in [5.41, 5.74) is 15.8. The van der Waals surface area contributed by atoms with Crippen molar-refractivity contribution in [2.24, 2.45) is 0 Å². The van der Waals surface area contributed by atoms with Crippen LogP contribution in [-0.2, 0) is 0 Å². The maximum Gasteiger partial charge on any atom is 0.159 e. The van der Waals surface area contributed by atoms with Gasteiger partial charge in [0.1, 0.15) is 13.7 Å². The van der Waals surface area contributed by atoms with E-state index < -0.39 is 8.07 Å². The zero-order valence-corrected chi connectivity index (χ0v) is 39.9. The minimum absolute atomic E-state index is 0.858. The van der Waals surface area contributed by atoms with E-state index in [0.29, 0.717) is 0 Å². The smallest absolute Gasteiger partial charge is 0.159 e. The summed E-state index contributed by atoms with van der Waals surface area (Å²) in [5.74, 6) is 0. The molecule has 0 radical (unpaired) electrons. The second-order valence-electron chi connectivity index (χ2n) is 19.2. The van der Waals surface area contributed by atoms with E-state index in [9.17, 15) is 0 Å². The summed E-state index contributed by atoms with van der Waals surface area (Å²) in [6.45, 7) is 5.06. The topological polar surface area (TPSA) is 19.6 Å². The molecular weight excluding hydrogens is 865 g/mol. The summed E-state index contributed by atoms with van der Waals surface area (Å²) in [7, 11) is -2.18. The van der Waals surface area contributed by atoms with Crippen molar-refractivity contribution in [2.45, 2.75) is 13.1 Å². The number of hydrogen-bond donors (Lipinski definition) is 0. The van der Waals surface area contributed by atoms with E-state index in [-0.39, 0.29) is 0 Å². The average Bonchev–Trinajstić information content (AvgIpc) is 3.92. The van der Waals surface area contributed by atoms with E-state index in [0.717, 1.165) is 61.5 Å². The quantitative estimate of drug-likeness (QED) is 0.112. The van der Waals surface area contributed by atoms with Gasteiger partial charge in [-0.05, 0) is 96.6 Å². The molecule has 4 heteroatoms. The van der Waals surface area contributed by atoms with E-state index in [4.69, 9.17) is 4.42 Å². The molecule has 0 unspecified atom stereocenters. The number of anilines is 6. The van der Waals surface area contributed by atoms with Crippen LogP contribution in [0.25, 0.3) is 87.6 Å². The molecule has 12 aromatic carbocycles. The lowest BCUT2D eigenvalue weighted by Gasteiger charge is -2.34. The van der Waals surface area contributed by atoms with Crippen molar-refractivity contribution in [2.75, 3.05) is 9.80 Å². The van der Waals surface area contributed by atoms with Gasteiger partial charge < -0.3 is 14.2 Å².